The standard InChI is InChI=1S/C12H16N2O3/c1-3-6-14-8-10(4-5-12(14)17)13-11(16)7-9(2)15/h4-5,8H,3,6-7H2,1-2H3,(H,13,16). The third-order valence-corrected chi connectivity index (χ3v) is 2.14. The second-order valence-electron chi connectivity index (χ2n) is 3.88. The van der Waals surface area contributed by atoms with Crippen LogP contribution in [-0.2, 0) is 16.1 Å². The third-order valence-electron chi connectivity index (χ3n) is 2.14. The smallest absolute Gasteiger partial charge is 0.250 e. The Balaban J connectivity index is 2.78. The van der Waals surface area contributed by atoms with Crippen molar-refractivity contribution in [2.75, 3.05) is 5.32 Å². The maximum absolute atomic E-state index is 11.4. The van der Waals surface area contributed by atoms with Gasteiger partial charge in [-0.25, -0.2) is 0 Å². The van der Waals surface area contributed by atoms with Crippen molar-refractivity contribution in [3.63, 3.8) is 0 Å². The number of nitrogens with one attached hydrogen (secondary N) is 1. The minimum absolute atomic E-state index is 0.101. The van der Waals surface area contributed by atoms with Gasteiger partial charge in [-0.05, 0) is 19.4 Å². The first-order valence-corrected chi connectivity index (χ1v) is 5.52. The molecule has 0 aliphatic rings. The van der Waals surface area contributed by atoms with E-state index in [0.29, 0.717) is 12.2 Å². The summed E-state index contributed by atoms with van der Waals surface area (Å²) in [6.07, 6.45) is 2.28. The molecule has 0 aromatic carbocycles. The first-order valence-electron chi connectivity index (χ1n) is 5.52. The lowest BCUT2D eigenvalue weighted by Crippen LogP contribution is -2.21. The van der Waals surface area contributed by atoms with Crippen molar-refractivity contribution in [2.45, 2.75) is 33.2 Å². The number of aromatic nitrogens is 1. The van der Waals surface area contributed by atoms with Crippen LogP contribution in [0.15, 0.2) is 23.1 Å². The molecular weight excluding hydrogens is 220 g/mol. The highest BCUT2D eigenvalue weighted by atomic mass is 16.2. The number of pyridine rings is 1. The quantitative estimate of drug-likeness (QED) is 0.780. The Hall–Kier alpha value is -1.91. The van der Waals surface area contributed by atoms with E-state index in [2.05, 4.69) is 5.32 Å². The molecule has 0 fully saturated rings. The van der Waals surface area contributed by atoms with Crippen molar-refractivity contribution >= 4 is 17.4 Å². The lowest BCUT2D eigenvalue weighted by Gasteiger charge is -2.07. The summed E-state index contributed by atoms with van der Waals surface area (Å²) in [5.74, 6) is -0.552. The maximum Gasteiger partial charge on any atom is 0.250 e. The molecule has 0 aliphatic heterocycles. The van der Waals surface area contributed by atoms with Crippen LogP contribution < -0.4 is 10.9 Å². The number of carbonyl (C=O) groups excluding carboxylic acids is 2. The number of Topliss-reactive ketones (excluding diaryl/α,β-unsaturated/α-hetero) is 1. The zero-order chi connectivity index (χ0) is 12.8. The highest BCUT2D eigenvalue weighted by molar-refractivity contribution is 6.03. The van der Waals surface area contributed by atoms with Gasteiger partial charge in [0.15, 0.2) is 0 Å². The average Bonchev–Trinajstić information content (AvgIpc) is 2.22. The van der Waals surface area contributed by atoms with E-state index in [4.69, 9.17) is 0 Å². The summed E-state index contributed by atoms with van der Waals surface area (Å²) < 4.78 is 1.53. The van der Waals surface area contributed by atoms with Crippen LogP contribution >= 0.6 is 0 Å². The van der Waals surface area contributed by atoms with Crippen LogP contribution in [0, 0.1) is 0 Å². The number of aryl methyl sites for hydroxylation is 1. The second-order valence-corrected chi connectivity index (χ2v) is 3.88. The summed E-state index contributed by atoms with van der Waals surface area (Å²) in [6, 6.07) is 2.94. The predicted octanol–water partition coefficient (Wildman–Crippen LogP) is 1.18. The Morgan fingerprint density at radius 2 is 2.06 bits per heavy atom. The van der Waals surface area contributed by atoms with Crippen molar-refractivity contribution in [3.05, 3.63) is 28.7 Å². The van der Waals surface area contributed by atoms with Crippen LogP contribution in [0.25, 0.3) is 0 Å². The molecule has 0 bridgehead atoms. The number of ketones is 1. The topological polar surface area (TPSA) is 68.2 Å². The van der Waals surface area contributed by atoms with E-state index < -0.39 is 0 Å². The Kier molecular flexibility index (Phi) is 4.63. The molecule has 0 unspecified atom stereocenters. The maximum atomic E-state index is 11.4. The van der Waals surface area contributed by atoms with E-state index in [-0.39, 0.29) is 23.7 Å². The minimum atomic E-state index is -0.362. The molecule has 1 heterocycles. The number of amides is 1. The van der Waals surface area contributed by atoms with Crippen molar-refractivity contribution in [1.82, 2.24) is 4.57 Å². The number of carbonyl (C=O) groups is 2. The molecule has 0 radical (unpaired) electrons. The molecule has 1 aromatic heterocycles. The van der Waals surface area contributed by atoms with E-state index in [1.807, 2.05) is 6.92 Å². The Morgan fingerprint density at radius 1 is 1.35 bits per heavy atom. The first kappa shape index (κ1) is 13.2. The minimum Gasteiger partial charge on any atom is -0.324 e. The van der Waals surface area contributed by atoms with E-state index >= 15 is 0 Å². The summed E-state index contributed by atoms with van der Waals surface area (Å²) in [6.45, 7) is 3.93. The molecule has 0 saturated carbocycles. The fraction of sp³-hybridized carbons (Fsp3) is 0.417. The van der Waals surface area contributed by atoms with Crippen LogP contribution in [0.3, 0.4) is 0 Å². The molecular formula is C12H16N2O3. The fourth-order valence-electron chi connectivity index (χ4n) is 1.45. The summed E-state index contributed by atoms with van der Waals surface area (Å²) in [5.41, 5.74) is 0.431. The van der Waals surface area contributed by atoms with Gasteiger partial charge in [-0.2, -0.15) is 0 Å². The van der Waals surface area contributed by atoms with Gasteiger partial charge in [0.2, 0.25) is 5.91 Å². The van der Waals surface area contributed by atoms with Gasteiger partial charge in [-0.3, -0.25) is 14.4 Å². The number of rotatable bonds is 5. The Labute approximate surface area is 99.5 Å². The first-order chi connectivity index (χ1) is 8.02. The highest BCUT2D eigenvalue weighted by Crippen LogP contribution is 2.04. The van der Waals surface area contributed by atoms with E-state index in [1.54, 1.807) is 6.20 Å². The fourth-order valence-corrected chi connectivity index (χ4v) is 1.45. The summed E-state index contributed by atoms with van der Waals surface area (Å²) in [5, 5.41) is 2.58. The summed E-state index contributed by atoms with van der Waals surface area (Å²) >= 11 is 0. The lowest BCUT2D eigenvalue weighted by atomic mass is 10.3. The van der Waals surface area contributed by atoms with Crippen molar-refractivity contribution in [3.8, 4) is 0 Å². The lowest BCUT2D eigenvalue weighted by molar-refractivity contribution is -0.124. The largest absolute Gasteiger partial charge is 0.324 e. The van der Waals surface area contributed by atoms with Gasteiger partial charge < -0.3 is 9.88 Å². The second kappa shape index (κ2) is 5.98. The van der Waals surface area contributed by atoms with Gasteiger partial charge in [0.25, 0.3) is 5.56 Å². The monoisotopic (exact) mass is 236 g/mol. The molecule has 1 amide bonds. The van der Waals surface area contributed by atoms with Gasteiger partial charge >= 0.3 is 0 Å². The van der Waals surface area contributed by atoms with E-state index in [1.165, 1.54) is 23.6 Å². The SMILES string of the molecule is CCCn1cc(NC(=O)CC(C)=O)ccc1=O. The van der Waals surface area contributed by atoms with Gasteiger partial charge in [-0.1, -0.05) is 6.92 Å². The average molecular weight is 236 g/mol. The Morgan fingerprint density at radius 3 is 2.65 bits per heavy atom. The van der Waals surface area contributed by atoms with Crippen LogP contribution in [-0.4, -0.2) is 16.3 Å². The van der Waals surface area contributed by atoms with Crippen molar-refractivity contribution < 1.29 is 9.59 Å². The van der Waals surface area contributed by atoms with E-state index in [9.17, 15) is 14.4 Å². The van der Waals surface area contributed by atoms with Crippen LogP contribution in [0.1, 0.15) is 26.7 Å². The molecule has 1 N–H and O–H groups in total. The zero-order valence-corrected chi connectivity index (χ0v) is 10.0. The highest BCUT2D eigenvalue weighted by Gasteiger charge is 2.06. The van der Waals surface area contributed by atoms with Crippen LogP contribution in [0.4, 0.5) is 5.69 Å². The molecule has 5 nitrogen and oxygen atoms in total. The molecule has 0 spiro atoms. The third kappa shape index (κ3) is 4.22. The number of hydrogen-bond acceptors (Lipinski definition) is 3. The molecule has 1 rings (SSSR count). The molecule has 0 aliphatic carbocycles. The van der Waals surface area contributed by atoms with Gasteiger partial charge in [-0.15, -0.1) is 0 Å². The molecule has 1 aromatic rings. The molecule has 0 saturated heterocycles. The number of hydrogen-bond donors (Lipinski definition) is 1. The normalized spacial score (nSPS) is 10.0. The molecule has 5 heteroatoms. The summed E-state index contributed by atoms with van der Waals surface area (Å²) in [4.78, 5) is 33.5. The molecule has 92 valence electrons. The molecule has 17 heavy (non-hydrogen) atoms. The van der Waals surface area contributed by atoms with Gasteiger partial charge in [0.1, 0.15) is 5.78 Å². The number of nitrogens with zero attached hydrogens (tertiary/aromatic N) is 1. The van der Waals surface area contributed by atoms with E-state index in [0.717, 1.165) is 6.42 Å². The summed E-state index contributed by atoms with van der Waals surface area (Å²) in [7, 11) is 0. The predicted molar refractivity (Wildman–Crippen MR) is 64.9 cm³/mol. The Bertz CT molecular complexity index is 477. The van der Waals surface area contributed by atoms with Gasteiger partial charge in [0, 0.05) is 18.8 Å². The zero-order valence-electron chi connectivity index (χ0n) is 10.0. The molecule has 0 atom stereocenters. The number of anilines is 1. The van der Waals surface area contributed by atoms with Crippen LogP contribution in [0.5, 0.6) is 0 Å². The van der Waals surface area contributed by atoms with Crippen molar-refractivity contribution in [2.24, 2.45) is 0 Å². The van der Waals surface area contributed by atoms with Crippen molar-refractivity contribution in [1.29, 1.82) is 0 Å². The van der Waals surface area contributed by atoms with Gasteiger partial charge in [0.05, 0.1) is 12.1 Å². The van der Waals surface area contributed by atoms with Crippen LogP contribution in [0.2, 0.25) is 0 Å².